The van der Waals surface area contributed by atoms with Crippen LogP contribution >= 0.6 is 0 Å². The van der Waals surface area contributed by atoms with Gasteiger partial charge in [-0.3, -0.25) is 9.59 Å². The van der Waals surface area contributed by atoms with Crippen LogP contribution in [0.5, 0.6) is 0 Å². The molecule has 0 bridgehead atoms. The second kappa shape index (κ2) is 6.98. The molecule has 25 heavy (non-hydrogen) atoms. The quantitative estimate of drug-likeness (QED) is 0.648. The smallest absolute Gasteiger partial charge is 0.312 e. The summed E-state index contributed by atoms with van der Waals surface area (Å²) in [5.74, 6) is 1.14. The van der Waals surface area contributed by atoms with Crippen LogP contribution in [-0.4, -0.2) is 21.4 Å². The van der Waals surface area contributed by atoms with Crippen molar-refractivity contribution in [2.45, 2.75) is 45.1 Å². The van der Waals surface area contributed by atoms with Crippen molar-refractivity contribution in [3.05, 3.63) is 58.4 Å². The number of unbranched alkanes of at least 4 members (excludes halogenated alkanes) is 1. The number of nitrogens with zero attached hydrogens (tertiary/aromatic N) is 1. The topological polar surface area (TPSA) is 59.3 Å². The predicted molar refractivity (Wildman–Crippen MR) is 95.8 cm³/mol. The molecule has 1 aliphatic heterocycles. The van der Waals surface area contributed by atoms with Crippen molar-refractivity contribution in [3.8, 4) is 12.3 Å². The van der Waals surface area contributed by atoms with E-state index in [-0.39, 0.29) is 5.78 Å². The minimum Gasteiger partial charge on any atom is -0.481 e. The number of benzene rings is 1. The van der Waals surface area contributed by atoms with E-state index in [9.17, 15) is 14.7 Å². The maximum absolute atomic E-state index is 13.1. The summed E-state index contributed by atoms with van der Waals surface area (Å²) in [5.41, 5.74) is 3.65. The van der Waals surface area contributed by atoms with Crippen molar-refractivity contribution in [2.75, 3.05) is 0 Å². The van der Waals surface area contributed by atoms with Crippen LogP contribution in [0.4, 0.5) is 0 Å². The molecule has 0 fully saturated rings. The van der Waals surface area contributed by atoms with E-state index in [4.69, 9.17) is 6.42 Å². The molecule has 0 saturated heterocycles. The lowest BCUT2D eigenvalue weighted by atomic mass is 9.99. The number of carboxylic acids is 1. The number of terminal acetylenes is 1. The van der Waals surface area contributed by atoms with E-state index in [1.165, 1.54) is 0 Å². The molecular weight excluding hydrogens is 314 g/mol. The van der Waals surface area contributed by atoms with E-state index in [1.54, 1.807) is 24.3 Å². The first kappa shape index (κ1) is 17.0. The van der Waals surface area contributed by atoms with Crippen molar-refractivity contribution in [1.29, 1.82) is 0 Å². The van der Waals surface area contributed by atoms with Crippen molar-refractivity contribution in [2.24, 2.45) is 0 Å². The normalized spacial score (nSPS) is 15.6. The molecule has 1 aromatic carbocycles. The number of aromatic nitrogens is 1. The fourth-order valence-corrected chi connectivity index (χ4v) is 3.49. The average molecular weight is 335 g/mol. The molecule has 1 aliphatic rings. The molecule has 1 unspecified atom stereocenters. The van der Waals surface area contributed by atoms with Gasteiger partial charge in [-0.25, -0.2) is 0 Å². The van der Waals surface area contributed by atoms with Gasteiger partial charge in [0.1, 0.15) is 0 Å². The minimum atomic E-state index is -0.823. The maximum Gasteiger partial charge on any atom is 0.312 e. The highest BCUT2D eigenvalue weighted by atomic mass is 16.4. The number of carbonyl (C=O) groups is 2. The first-order valence-corrected chi connectivity index (χ1v) is 8.63. The lowest BCUT2D eigenvalue weighted by Gasteiger charge is -2.09. The Kier molecular flexibility index (Phi) is 4.76. The highest BCUT2D eigenvalue weighted by Crippen LogP contribution is 2.34. The van der Waals surface area contributed by atoms with Crippen molar-refractivity contribution in [1.82, 2.24) is 4.57 Å². The average Bonchev–Trinajstić information content (AvgIpc) is 3.17. The Morgan fingerprint density at radius 2 is 2.04 bits per heavy atom. The van der Waals surface area contributed by atoms with Gasteiger partial charge in [0, 0.05) is 23.4 Å². The molecule has 0 saturated carbocycles. The third kappa shape index (κ3) is 3.10. The number of rotatable bonds is 6. The molecule has 1 atom stereocenters. The summed E-state index contributed by atoms with van der Waals surface area (Å²) >= 11 is 0. The molecule has 0 radical (unpaired) electrons. The zero-order valence-electron chi connectivity index (χ0n) is 14.3. The van der Waals surface area contributed by atoms with Gasteiger partial charge in [-0.05, 0) is 55.2 Å². The monoisotopic (exact) mass is 335 g/mol. The van der Waals surface area contributed by atoms with E-state index in [2.05, 4.69) is 12.8 Å². The summed E-state index contributed by atoms with van der Waals surface area (Å²) in [6.07, 6.45) is 8.68. The van der Waals surface area contributed by atoms with Gasteiger partial charge < -0.3 is 9.67 Å². The van der Waals surface area contributed by atoms with Crippen molar-refractivity contribution in [3.63, 3.8) is 0 Å². The molecule has 0 aliphatic carbocycles. The first-order chi connectivity index (χ1) is 12.1. The van der Waals surface area contributed by atoms with Crippen LogP contribution in [0.25, 0.3) is 0 Å². The number of hydrogen-bond acceptors (Lipinski definition) is 2. The van der Waals surface area contributed by atoms with E-state index in [0.717, 1.165) is 36.1 Å². The largest absolute Gasteiger partial charge is 0.481 e. The summed E-state index contributed by atoms with van der Waals surface area (Å²) < 4.78 is 1.90. The molecule has 128 valence electrons. The van der Waals surface area contributed by atoms with Crippen LogP contribution in [0.3, 0.4) is 0 Å². The number of ketones is 1. The van der Waals surface area contributed by atoms with Crippen molar-refractivity contribution < 1.29 is 14.7 Å². The van der Waals surface area contributed by atoms with Gasteiger partial charge in [-0.1, -0.05) is 19.3 Å². The maximum atomic E-state index is 13.1. The highest BCUT2D eigenvalue weighted by molar-refractivity contribution is 6.09. The molecule has 2 aromatic rings. The number of fused-ring (bicyclic) bond motifs is 1. The first-order valence-electron chi connectivity index (χ1n) is 8.63. The third-order valence-electron chi connectivity index (χ3n) is 4.83. The van der Waals surface area contributed by atoms with Gasteiger partial charge >= 0.3 is 5.97 Å². The second-order valence-corrected chi connectivity index (χ2v) is 6.43. The van der Waals surface area contributed by atoms with Crippen LogP contribution in [0, 0.1) is 12.3 Å². The summed E-state index contributed by atoms with van der Waals surface area (Å²) in [4.78, 5) is 24.6. The number of carboxylic acid groups (broad SMARTS) is 1. The van der Waals surface area contributed by atoms with Gasteiger partial charge in [-0.15, -0.1) is 6.42 Å². The zero-order chi connectivity index (χ0) is 18.0. The van der Waals surface area contributed by atoms with Gasteiger partial charge in [-0.2, -0.15) is 0 Å². The molecule has 0 spiro atoms. The summed E-state index contributed by atoms with van der Waals surface area (Å²) in [6, 6.07) is 8.92. The standard InChI is InChI=1S/C21H21NO3/c1-3-5-6-16-13-18-17(21(24)25)11-12-22(18)19(16)20(23)15-9-7-14(4-2)8-10-15/h2,7-10,13,17H,3,5-6,11-12H2,1H3,(H,24,25). The van der Waals surface area contributed by atoms with E-state index < -0.39 is 11.9 Å². The van der Waals surface area contributed by atoms with Gasteiger partial charge in [0.2, 0.25) is 5.78 Å². The zero-order valence-corrected chi connectivity index (χ0v) is 14.3. The lowest BCUT2D eigenvalue weighted by Crippen LogP contribution is -2.11. The Bertz CT molecular complexity index is 853. The molecule has 1 aromatic heterocycles. The molecule has 3 rings (SSSR count). The fourth-order valence-electron chi connectivity index (χ4n) is 3.49. The molecule has 4 heteroatoms. The van der Waals surface area contributed by atoms with E-state index >= 15 is 0 Å². The molecular formula is C21H21NO3. The number of hydrogen-bond donors (Lipinski definition) is 1. The number of aliphatic carboxylic acids is 1. The highest BCUT2D eigenvalue weighted by Gasteiger charge is 2.34. The number of aryl methyl sites for hydroxylation is 1. The van der Waals surface area contributed by atoms with Crippen LogP contribution in [0.1, 0.15) is 65.0 Å². The fraction of sp³-hybridized carbons (Fsp3) is 0.333. The van der Waals surface area contributed by atoms with Crippen LogP contribution in [0.15, 0.2) is 30.3 Å². The molecule has 2 heterocycles. The Morgan fingerprint density at radius 3 is 2.64 bits per heavy atom. The molecule has 0 amide bonds. The summed E-state index contributed by atoms with van der Waals surface area (Å²) in [6.45, 7) is 2.67. The van der Waals surface area contributed by atoms with E-state index in [1.807, 2.05) is 10.6 Å². The minimum absolute atomic E-state index is 0.0630. The SMILES string of the molecule is C#Cc1ccc(C(=O)c2c(CCCC)cc3n2CCC3C(=O)O)cc1. The van der Waals surface area contributed by atoms with Crippen LogP contribution in [-0.2, 0) is 17.8 Å². The number of carbonyl (C=O) groups excluding carboxylic acids is 1. The predicted octanol–water partition coefficient (Wildman–Crippen LogP) is 3.61. The van der Waals surface area contributed by atoms with Crippen molar-refractivity contribution >= 4 is 11.8 Å². The van der Waals surface area contributed by atoms with Gasteiger partial charge in [0.25, 0.3) is 0 Å². The van der Waals surface area contributed by atoms with Crippen LogP contribution < -0.4 is 0 Å². The Balaban J connectivity index is 2.04. The summed E-state index contributed by atoms with van der Waals surface area (Å²) in [7, 11) is 0. The Morgan fingerprint density at radius 1 is 1.32 bits per heavy atom. The van der Waals surface area contributed by atoms with Gasteiger partial charge in [0.05, 0.1) is 11.6 Å². The Hall–Kier alpha value is -2.80. The van der Waals surface area contributed by atoms with Gasteiger partial charge in [0.15, 0.2) is 0 Å². The lowest BCUT2D eigenvalue weighted by molar-refractivity contribution is -0.138. The molecule has 4 nitrogen and oxygen atoms in total. The Labute approximate surface area is 147 Å². The summed E-state index contributed by atoms with van der Waals surface area (Å²) in [5, 5.41) is 9.43. The second-order valence-electron chi connectivity index (χ2n) is 6.43. The van der Waals surface area contributed by atoms with Crippen LogP contribution in [0.2, 0.25) is 0 Å². The third-order valence-corrected chi connectivity index (χ3v) is 4.83. The van der Waals surface area contributed by atoms with E-state index in [0.29, 0.717) is 24.2 Å². The molecule has 1 N–H and O–H groups in total.